The molecule has 10 nitrogen and oxygen atoms in total. The quantitative estimate of drug-likeness (QED) is 0.173. The third kappa shape index (κ3) is 6.93. The third-order valence-electron chi connectivity index (χ3n) is 7.87. The Hall–Kier alpha value is -3.86. The first-order chi connectivity index (χ1) is 20.2. The van der Waals surface area contributed by atoms with Crippen LogP contribution in [0.25, 0.3) is 11.0 Å². The van der Waals surface area contributed by atoms with Crippen LogP contribution in [0.3, 0.4) is 0 Å². The monoisotopic (exact) mass is 643 g/mol. The minimum atomic E-state index is -1.15. The van der Waals surface area contributed by atoms with Crippen LogP contribution in [-0.4, -0.2) is 48.1 Å². The topological polar surface area (TPSA) is 110 Å². The van der Waals surface area contributed by atoms with E-state index in [4.69, 9.17) is 9.15 Å². The maximum Gasteiger partial charge on any atom is 0.294 e. The van der Waals surface area contributed by atoms with E-state index >= 15 is 0 Å². The molecule has 0 fully saturated rings. The summed E-state index contributed by atoms with van der Waals surface area (Å²) in [6.45, 7) is 7.39. The number of nitrogens with zero attached hydrogens (tertiary/aromatic N) is 4. The fraction of sp³-hybridized carbons (Fsp3) is 0.375. The van der Waals surface area contributed by atoms with Crippen molar-refractivity contribution in [2.75, 3.05) is 36.5 Å². The van der Waals surface area contributed by atoms with Gasteiger partial charge < -0.3 is 28.8 Å². The molecule has 0 saturated heterocycles. The number of amides is 2. The summed E-state index contributed by atoms with van der Waals surface area (Å²) >= 11 is 0. The molecule has 0 spiro atoms. The lowest BCUT2D eigenvalue weighted by Crippen LogP contribution is -2.47. The first-order valence-electron chi connectivity index (χ1n) is 14.3. The fourth-order valence-corrected chi connectivity index (χ4v) is 5.43. The molecule has 4 heterocycles. The molecule has 3 aromatic heterocycles. The molecular formula is C32H39Cl2N5O5. The molecule has 12 heteroatoms. The van der Waals surface area contributed by atoms with Crippen molar-refractivity contribution >= 4 is 59.0 Å². The molecule has 1 unspecified atom stereocenters. The van der Waals surface area contributed by atoms with E-state index in [0.29, 0.717) is 55.4 Å². The van der Waals surface area contributed by atoms with E-state index in [-0.39, 0.29) is 48.2 Å². The van der Waals surface area contributed by atoms with Crippen molar-refractivity contribution < 1.29 is 18.7 Å². The van der Waals surface area contributed by atoms with E-state index in [1.807, 2.05) is 43.3 Å². The summed E-state index contributed by atoms with van der Waals surface area (Å²) < 4.78 is 13.1. The van der Waals surface area contributed by atoms with Crippen molar-refractivity contribution in [2.24, 2.45) is 5.41 Å². The Bertz CT molecular complexity index is 1640. The molecule has 0 aliphatic carbocycles. The first kappa shape index (κ1) is 34.6. The van der Waals surface area contributed by atoms with E-state index in [0.717, 1.165) is 17.4 Å². The molecule has 0 saturated carbocycles. The van der Waals surface area contributed by atoms with Crippen LogP contribution >= 0.6 is 24.8 Å². The van der Waals surface area contributed by atoms with Gasteiger partial charge in [-0.05, 0) is 82.1 Å². The van der Waals surface area contributed by atoms with Crippen molar-refractivity contribution in [2.45, 2.75) is 46.2 Å². The second-order valence-corrected chi connectivity index (χ2v) is 11.0. The number of aryl methyl sites for hydroxylation is 1. The summed E-state index contributed by atoms with van der Waals surface area (Å²) in [5.41, 5.74) is 1.52. The largest absolute Gasteiger partial charge is 0.493 e. The Morgan fingerprint density at radius 3 is 2.48 bits per heavy atom. The normalized spacial score (nSPS) is 14.8. The van der Waals surface area contributed by atoms with Gasteiger partial charge >= 0.3 is 0 Å². The van der Waals surface area contributed by atoms with Crippen LogP contribution < -0.4 is 25.4 Å². The predicted octanol–water partition coefficient (Wildman–Crippen LogP) is 5.38. The van der Waals surface area contributed by atoms with E-state index in [1.165, 1.54) is 6.26 Å². The molecular weight excluding hydrogens is 605 g/mol. The number of anilines is 2. The number of hydrogen-bond donors (Lipinski definition) is 1. The van der Waals surface area contributed by atoms with Gasteiger partial charge in [0.15, 0.2) is 5.58 Å². The second-order valence-electron chi connectivity index (χ2n) is 11.0. The third-order valence-corrected chi connectivity index (χ3v) is 7.87. The number of carbonyl (C=O) groups excluding carboxylic acids is 2. The van der Waals surface area contributed by atoms with Crippen LogP contribution in [0.4, 0.5) is 11.4 Å². The van der Waals surface area contributed by atoms with Gasteiger partial charge in [-0.1, -0.05) is 0 Å². The van der Waals surface area contributed by atoms with E-state index in [1.54, 1.807) is 59.9 Å². The summed E-state index contributed by atoms with van der Waals surface area (Å²) in [7, 11) is 1.70. The van der Waals surface area contributed by atoms with Gasteiger partial charge in [0.1, 0.15) is 11.2 Å². The number of fused-ring (bicyclic) bond motifs is 2. The number of pyridine rings is 2. The van der Waals surface area contributed by atoms with Gasteiger partial charge in [0, 0.05) is 56.2 Å². The van der Waals surface area contributed by atoms with Crippen molar-refractivity contribution in [1.82, 2.24) is 14.9 Å². The highest BCUT2D eigenvalue weighted by atomic mass is 35.5. The molecule has 1 aliphatic rings. The predicted molar refractivity (Wildman–Crippen MR) is 176 cm³/mol. The average molecular weight is 645 g/mol. The number of hydrogen-bond acceptors (Lipinski definition) is 7. The molecule has 5 rings (SSSR count). The van der Waals surface area contributed by atoms with E-state index in [2.05, 4.69) is 10.3 Å². The molecule has 1 N–H and O–H groups in total. The molecule has 2 amide bonds. The lowest BCUT2D eigenvalue weighted by Gasteiger charge is -2.27. The number of carbonyl (C=O) groups is 2. The summed E-state index contributed by atoms with van der Waals surface area (Å²) in [4.78, 5) is 46.3. The minimum absolute atomic E-state index is 0. The number of aromatic nitrogens is 2. The van der Waals surface area contributed by atoms with E-state index in [9.17, 15) is 14.4 Å². The number of rotatable bonds is 11. The van der Waals surface area contributed by atoms with Gasteiger partial charge in [-0.25, -0.2) is 0 Å². The zero-order valence-electron chi connectivity index (χ0n) is 25.3. The summed E-state index contributed by atoms with van der Waals surface area (Å²) in [6.07, 6.45) is 8.30. The molecule has 236 valence electrons. The zero-order valence-corrected chi connectivity index (χ0v) is 27.0. The summed E-state index contributed by atoms with van der Waals surface area (Å²) in [6, 6.07) is 13.2. The highest BCUT2D eigenvalue weighted by Gasteiger charge is 2.45. The lowest BCUT2D eigenvalue weighted by molar-refractivity contribution is -0.137. The molecule has 0 bridgehead atoms. The lowest BCUT2D eigenvalue weighted by atomic mass is 9.90. The molecule has 1 aromatic carbocycles. The zero-order chi connectivity index (χ0) is 29.9. The van der Waals surface area contributed by atoms with Crippen LogP contribution in [0.2, 0.25) is 0 Å². The van der Waals surface area contributed by atoms with Gasteiger partial charge in [0.2, 0.25) is 11.8 Å². The van der Waals surface area contributed by atoms with Crippen LogP contribution in [0.5, 0.6) is 5.75 Å². The van der Waals surface area contributed by atoms with Crippen LogP contribution in [0.15, 0.2) is 76.5 Å². The number of ether oxygens (including phenoxy) is 1. The molecule has 44 heavy (non-hydrogen) atoms. The van der Waals surface area contributed by atoms with Crippen molar-refractivity contribution in [3.63, 3.8) is 0 Å². The number of furan rings is 1. The van der Waals surface area contributed by atoms with Gasteiger partial charge in [-0.15, -0.1) is 24.8 Å². The number of nitrogens with one attached hydrogen (secondary N) is 1. The molecule has 1 aliphatic heterocycles. The van der Waals surface area contributed by atoms with Crippen molar-refractivity contribution in [3.8, 4) is 5.75 Å². The number of benzene rings is 1. The van der Waals surface area contributed by atoms with Gasteiger partial charge in [0.05, 0.1) is 24.2 Å². The fourth-order valence-electron chi connectivity index (χ4n) is 5.43. The highest BCUT2D eigenvalue weighted by molar-refractivity contribution is 6.20. The highest BCUT2D eigenvalue weighted by Crippen LogP contribution is 2.40. The standard InChI is InChI=1S/C32H37N5O5.2ClH/c1-5-37-26-8-7-24(21-27(26)35(4)30(39)32(2,3)31(37)40)41-19-6-14-34-25(22-9-15-33-16-10-22)12-18-36-17-11-23-13-20-42-28(23)29(36)38;;/h7-11,13,15-17,20-21,25,34H,5-6,12,14,18-19H2,1-4H3;2*1H. The smallest absolute Gasteiger partial charge is 0.294 e. The first-order valence-corrected chi connectivity index (χ1v) is 14.3. The minimum Gasteiger partial charge on any atom is -0.493 e. The Morgan fingerprint density at radius 1 is 1.00 bits per heavy atom. The maximum atomic E-state index is 13.1. The van der Waals surface area contributed by atoms with Crippen molar-refractivity contribution in [3.05, 3.63) is 83.2 Å². The van der Waals surface area contributed by atoms with Crippen LogP contribution in [0, 0.1) is 5.41 Å². The Balaban J connectivity index is 0.00000264. The van der Waals surface area contributed by atoms with Gasteiger partial charge in [-0.2, -0.15) is 0 Å². The molecule has 1 atom stereocenters. The van der Waals surface area contributed by atoms with Crippen LogP contribution in [-0.2, 0) is 16.1 Å². The Kier molecular flexibility index (Phi) is 11.6. The van der Waals surface area contributed by atoms with Gasteiger partial charge in [0.25, 0.3) is 5.56 Å². The Labute approximate surface area is 269 Å². The maximum absolute atomic E-state index is 13.1. The van der Waals surface area contributed by atoms with Crippen molar-refractivity contribution in [1.29, 1.82) is 0 Å². The van der Waals surface area contributed by atoms with Gasteiger partial charge in [-0.3, -0.25) is 19.4 Å². The van der Waals surface area contributed by atoms with E-state index < -0.39 is 5.41 Å². The SMILES string of the molecule is CCN1C(=O)C(C)(C)C(=O)N(C)c2cc(OCCCNC(CCn3ccc4ccoc4c3=O)c3ccncc3)ccc21.Cl.Cl. The summed E-state index contributed by atoms with van der Waals surface area (Å²) in [5, 5.41) is 4.40. The average Bonchev–Trinajstić information content (AvgIpc) is 3.48. The Morgan fingerprint density at radius 2 is 1.75 bits per heavy atom. The molecule has 0 radical (unpaired) electrons. The second kappa shape index (κ2) is 14.7. The molecule has 4 aromatic rings. The summed E-state index contributed by atoms with van der Waals surface area (Å²) in [5.74, 6) is 0.171. The van der Waals surface area contributed by atoms with Crippen LogP contribution in [0.1, 0.15) is 45.2 Å². The number of halogens is 2.